The molecule has 0 aliphatic carbocycles. The first-order chi connectivity index (χ1) is 10.1. The number of aromatic nitrogens is 2. The molecule has 1 unspecified atom stereocenters. The summed E-state index contributed by atoms with van der Waals surface area (Å²) in [5.74, 6) is 0. The van der Waals surface area contributed by atoms with E-state index in [1.807, 2.05) is 0 Å². The van der Waals surface area contributed by atoms with Crippen LogP contribution in [0, 0.1) is 0 Å². The van der Waals surface area contributed by atoms with Crippen molar-refractivity contribution < 1.29 is 0 Å². The van der Waals surface area contributed by atoms with Crippen molar-refractivity contribution in [1.82, 2.24) is 9.78 Å². The van der Waals surface area contributed by atoms with Gasteiger partial charge < -0.3 is 5.73 Å². The predicted octanol–water partition coefficient (Wildman–Crippen LogP) is 3.64. The fourth-order valence-electron chi connectivity index (χ4n) is 2.91. The molecule has 2 rings (SSSR count). The Hall–Kier alpha value is -1.61. The van der Waals surface area contributed by atoms with Crippen LogP contribution in [0.15, 0.2) is 24.3 Å². The summed E-state index contributed by atoms with van der Waals surface area (Å²) in [5.41, 5.74) is 12.5. The Labute approximate surface area is 128 Å². The summed E-state index contributed by atoms with van der Waals surface area (Å²) in [6, 6.07) is 8.87. The Bertz CT molecular complexity index is 579. The van der Waals surface area contributed by atoms with Gasteiger partial charge in [0, 0.05) is 17.3 Å². The first-order valence-corrected chi connectivity index (χ1v) is 8.02. The molecular formula is C18H27N3. The van der Waals surface area contributed by atoms with Crippen molar-refractivity contribution in [2.24, 2.45) is 5.73 Å². The van der Waals surface area contributed by atoms with Crippen LogP contribution in [0.4, 0.5) is 0 Å². The molecule has 1 atom stereocenters. The van der Waals surface area contributed by atoms with Crippen LogP contribution in [0.1, 0.15) is 61.8 Å². The van der Waals surface area contributed by atoms with Crippen molar-refractivity contribution in [1.29, 1.82) is 0 Å². The lowest BCUT2D eigenvalue weighted by Crippen LogP contribution is -2.11. The third kappa shape index (κ3) is 3.35. The molecule has 0 bridgehead atoms. The van der Waals surface area contributed by atoms with E-state index in [2.05, 4.69) is 56.6 Å². The van der Waals surface area contributed by atoms with E-state index in [1.54, 1.807) is 0 Å². The number of nitrogens with zero attached hydrogens (tertiary/aromatic N) is 2. The van der Waals surface area contributed by atoms with E-state index in [0.29, 0.717) is 0 Å². The van der Waals surface area contributed by atoms with E-state index in [0.717, 1.165) is 31.5 Å². The van der Waals surface area contributed by atoms with Crippen LogP contribution in [-0.2, 0) is 25.8 Å². The fourth-order valence-corrected chi connectivity index (χ4v) is 2.91. The third-order valence-electron chi connectivity index (χ3n) is 4.06. The summed E-state index contributed by atoms with van der Waals surface area (Å²) in [6.07, 6.45) is 2.99. The summed E-state index contributed by atoms with van der Waals surface area (Å²) >= 11 is 0. The van der Waals surface area contributed by atoms with Gasteiger partial charge in [0.15, 0.2) is 0 Å². The quantitative estimate of drug-likeness (QED) is 0.880. The second-order valence-electron chi connectivity index (χ2n) is 5.63. The maximum atomic E-state index is 6.16. The second kappa shape index (κ2) is 6.90. The Morgan fingerprint density at radius 1 is 1.00 bits per heavy atom. The summed E-state index contributed by atoms with van der Waals surface area (Å²) in [7, 11) is 0. The molecule has 0 fully saturated rings. The number of nitrogens with two attached hydrogens (primary N) is 1. The molecule has 2 N–H and O–H groups in total. The highest BCUT2D eigenvalue weighted by Gasteiger charge is 2.18. The van der Waals surface area contributed by atoms with E-state index < -0.39 is 0 Å². The van der Waals surface area contributed by atoms with Crippen LogP contribution in [0.2, 0.25) is 0 Å². The molecule has 1 aromatic heterocycles. The highest BCUT2D eigenvalue weighted by Crippen LogP contribution is 2.23. The molecule has 2 aromatic rings. The van der Waals surface area contributed by atoms with Gasteiger partial charge in [0.1, 0.15) is 0 Å². The molecule has 0 amide bonds. The molecule has 0 saturated carbocycles. The van der Waals surface area contributed by atoms with Crippen LogP contribution in [0.25, 0.3) is 0 Å². The van der Waals surface area contributed by atoms with Gasteiger partial charge in [0.2, 0.25) is 0 Å². The summed E-state index contributed by atoms with van der Waals surface area (Å²) in [5, 5.41) is 4.80. The number of hydrogen-bond donors (Lipinski definition) is 1. The summed E-state index contributed by atoms with van der Waals surface area (Å²) < 4.78 is 2.14. The average Bonchev–Trinajstić information content (AvgIpc) is 2.85. The topological polar surface area (TPSA) is 43.8 Å². The molecular weight excluding hydrogens is 258 g/mol. The van der Waals surface area contributed by atoms with E-state index in [-0.39, 0.29) is 6.04 Å². The molecule has 3 nitrogen and oxygen atoms in total. The van der Waals surface area contributed by atoms with E-state index >= 15 is 0 Å². The Morgan fingerprint density at radius 2 is 1.62 bits per heavy atom. The number of benzene rings is 1. The highest BCUT2D eigenvalue weighted by molar-refractivity contribution is 5.31. The SMILES string of the molecule is CCc1ccc(Cn2nc(CC)c(C(C)N)c2CC)cc1. The maximum absolute atomic E-state index is 6.16. The van der Waals surface area contributed by atoms with Gasteiger partial charge in [-0.25, -0.2) is 0 Å². The zero-order valence-corrected chi connectivity index (χ0v) is 13.7. The fraction of sp³-hybridized carbons (Fsp3) is 0.500. The first-order valence-electron chi connectivity index (χ1n) is 8.02. The molecule has 0 aliphatic rings. The first kappa shape index (κ1) is 15.8. The minimum Gasteiger partial charge on any atom is -0.324 e. The molecule has 0 aliphatic heterocycles. The average molecular weight is 285 g/mol. The molecule has 1 aromatic carbocycles. The smallest absolute Gasteiger partial charge is 0.0672 e. The monoisotopic (exact) mass is 285 g/mol. The van der Waals surface area contributed by atoms with Crippen LogP contribution < -0.4 is 5.73 Å². The zero-order valence-electron chi connectivity index (χ0n) is 13.7. The highest BCUT2D eigenvalue weighted by atomic mass is 15.3. The summed E-state index contributed by atoms with van der Waals surface area (Å²) in [4.78, 5) is 0. The van der Waals surface area contributed by atoms with Gasteiger partial charge >= 0.3 is 0 Å². The minimum absolute atomic E-state index is 0.0473. The van der Waals surface area contributed by atoms with E-state index in [4.69, 9.17) is 10.8 Å². The predicted molar refractivity (Wildman–Crippen MR) is 88.5 cm³/mol. The van der Waals surface area contributed by atoms with Crippen molar-refractivity contribution >= 4 is 0 Å². The van der Waals surface area contributed by atoms with E-state index in [9.17, 15) is 0 Å². The molecule has 21 heavy (non-hydrogen) atoms. The van der Waals surface area contributed by atoms with Gasteiger partial charge in [-0.2, -0.15) is 5.10 Å². The van der Waals surface area contributed by atoms with Gasteiger partial charge in [-0.1, -0.05) is 45.0 Å². The van der Waals surface area contributed by atoms with Gasteiger partial charge in [0.05, 0.1) is 12.2 Å². The number of aryl methyl sites for hydroxylation is 2. The number of rotatable bonds is 6. The Kier molecular flexibility index (Phi) is 5.18. The van der Waals surface area contributed by atoms with Gasteiger partial charge in [0.25, 0.3) is 0 Å². The van der Waals surface area contributed by atoms with Crippen LogP contribution >= 0.6 is 0 Å². The van der Waals surface area contributed by atoms with Crippen LogP contribution in [-0.4, -0.2) is 9.78 Å². The molecule has 0 spiro atoms. The van der Waals surface area contributed by atoms with Gasteiger partial charge in [-0.3, -0.25) is 4.68 Å². The molecule has 1 heterocycles. The van der Waals surface area contributed by atoms with Crippen molar-refractivity contribution in [2.75, 3.05) is 0 Å². The molecule has 0 radical (unpaired) electrons. The molecule has 114 valence electrons. The molecule has 0 saturated heterocycles. The van der Waals surface area contributed by atoms with Gasteiger partial charge in [-0.15, -0.1) is 0 Å². The van der Waals surface area contributed by atoms with Crippen LogP contribution in [0.5, 0.6) is 0 Å². The van der Waals surface area contributed by atoms with Crippen molar-refractivity contribution in [3.63, 3.8) is 0 Å². The Balaban J connectivity index is 2.34. The number of hydrogen-bond acceptors (Lipinski definition) is 2. The van der Waals surface area contributed by atoms with E-state index in [1.165, 1.54) is 22.4 Å². The summed E-state index contributed by atoms with van der Waals surface area (Å²) in [6.45, 7) is 9.38. The standard InChI is InChI=1S/C18H27N3/c1-5-14-8-10-15(11-9-14)12-21-17(7-3)18(13(4)19)16(6-2)20-21/h8-11,13H,5-7,12,19H2,1-4H3. The zero-order chi connectivity index (χ0) is 15.4. The lowest BCUT2D eigenvalue weighted by Gasteiger charge is -2.10. The van der Waals surface area contributed by atoms with Crippen molar-refractivity contribution in [3.05, 3.63) is 52.3 Å². The molecule has 3 heteroatoms. The second-order valence-corrected chi connectivity index (χ2v) is 5.63. The maximum Gasteiger partial charge on any atom is 0.0672 e. The van der Waals surface area contributed by atoms with Crippen molar-refractivity contribution in [3.8, 4) is 0 Å². The Morgan fingerprint density at radius 3 is 2.10 bits per heavy atom. The normalized spacial score (nSPS) is 12.6. The lowest BCUT2D eigenvalue weighted by molar-refractivity contribution is 0.637. The van der Waals surface area contributed by atoms with Crippen LogP contribution in [0.3, 0.4) is 0 Å². The largest absolute Gasteiger partial charge is 0.324 e. The minimum atomic E-state index is 0.0473. The van der Waals surface area contributed by atoms with Gasteiger partial charge in [-0.05, 0) is 37.3 Å². The van der Waals surface area contributed by atoms with Crippen molar-refractivity contribution in [2.45, 2.75) is 59.5 Å². The third-order valence-corrected chi connectivity index (χ3v) is 4.06. The lowest BCUT2D eigenvalue weighted by atomic mass is 10.0.